The number of hydrogen-bond donors (Lipinski definition) is 2. The second-order valence-corrected chi connectivity index (χ2v) is 8.78. The van der Waals surface area contributed by atoms with E-state index in [9.17, 15) is 13.2 Å². The SMILES string of the molecule is Cc1ccc(NC(=O)c2ccc(N)cc2)cc1S(=O)(=O)N1CCCCCC1. The van der Waals surface area contributed by atoms with Crippen LogP contribution in [0.2, 0.25) is 0 Å². The van der Waals surface area contributed by atoms with Gasteiger partial charge in [0, 0.05) is 30.0 Å². The fraction of sp³-hybridized carbons (Fsp3) is 0.350. The maximum Gasteiger partial charge on any atom is 0.255 e. The van der Waals surface area contributed by atoms with Crippen LogP contribution in [0.3, 0.4) is 0 Å². The molecular weight excluding hydrogens is 362 g/mol. The summed E-state index contributed by atoms with van der Waals surface area (Å²) < 4.78 is 27.8. The Labute approximate surface area is 160 Å². The molecule has 0 unspecified atom stereocenters. The number of rotatable bonds is 4. The Balaban J connectivity index is 1.85. The summed E-state index contributed by atoms with van der Waals surface area (Å²) in [5.74, 6) is -0.308. The van der Waals surface area contributed by atoms with Gasteiger partial charge in [-0.2, -0.15) is 4.31 Å². The van der Waals surface area contributed by atoms with Crippen molar-refractivity contribution >= 4 is 27.3 Å². The van der Waals surface area contributed by atoms with E-state index in [0.29, 0.717) is 35.6 Å². The average Bonchev–Trinajstić information content (AvgIpc) is 2.93. The Hall–Kier alpha value is -2.38. The molecule has 2 aromatic carbocycles. The van der Waals surface area contributed by atoms with Gasteiger partial charge in [0.05, 0.1) is 4.90 Å². The van der Waals surface area contributed by atoms with Crippen LogP contribution in [-0.4, -0.2) is 31.7 Å². The second kappa shape index (κ2) is 8.10. The lowest BCUT2D eigenvalue weighted by molar-refractivity contribution is 0.102. The summed E-state index contributed by atoms with van der Waals surface area (Å²) in [6, 6.07) is 11.6. The summed E-state index contributed by atoms with van der Waals surface area (Å²) in [4.78, 5) is 12.7. The van der Waals surface area contributed by atoms with E-state index in [0.717, 1.165) is 25.7 Å². The molecule has 0 bridgehead atoms. The molecule has 1 heterocycles. The first-order chi connectivity index (χ1) is 12.9. The van der Waals surface area contributed by atoms with Crippen LogP contribution in [0.4, 0.5) is 11.4 Å². The van der Waals surface area contributed by atoms with Crippen molar-refractivity contribution in [1.29, 1.82) is 0 Å². The number of sulfonamides is 1. The Morgan fingerprint density at radius 3 is 2.26 bits per heavy atom. The zero-order valence-corrected chi connectivity index (χ0v) is 16.3. The second-order valence-electron chi connectivity index (χ2n) is 6.87. The van der Waals surface area contributed by atoms with Gasteiger partial charge in [0.2, 0.25) is 10.0 Å². The molecule has 3 N–H and O–H groups in total. The number of hydrogen-bond acceptors (Lipinski definition) is 4. The highest BCUT2D eigenvalue weighted by Crippen LogP contribution is 2.26. The molecule has 6 nitrogen and oxygen atoms in total. The number of carbonyl (C=O) groups is 1. The van der Waals surface area contributed by atoms with Crippen molar-refractivity contribution in [1.82, 2.24) is 4.31 Å². The topological polar surface area (TPSA) is 92.5 Å². The summed E-state index contributed by atoms with van der Waals surface area (Å²) in [6.45, 7) is 2.86. The minimum absolute atomic E-state index is 0.250. The number of benzene rings is 2. The lowest BCUT2D eigenvalue weighted by Crippen LogP contribution is -2.32. The minimum atomic E-state index is -3.58. The third-order valence-electron chi connectivity index (χ3n) is 4.80. The van der Waals surface area contributed by atoms with Gasteiger partial charge in [0.25, 0.3) is 5.91 Å². The van der Waals surface area contributed by atoms with Crippen LogP contribution in [0.25, 0.3) is 0 Å². The van der Waals surface area contributed by atoms with Crippen molar-refractivity contribution in [2.24, 2.45) is 0 Å². The van der Waals surface area contributed by atoms with Gasteiger partial charge in [-0.05, 0) is 61.7 Å². The molecular formula is C20H25N3O3S. The zero-order valence-electron chi connectivity index (χ0n) is 15.4. The fourth-order valence-corrected chi connectivity index (χ4v) is 4.98. The fourth-order valence-electron chi connectivity index (χ4n) is 3.21. The maximum absolute atomic E-state index is 13.1. The number of nitrogens with two attached hydrogens (primary N) is 1. The van der Waals surface area contributed by atoms with E-state index in [1.807, 2.05) is 0 Å². The first kappa shape index (κ1) is 19.4. The average molecular weight is 388 g/mol. The summed E-state index contributed by atoms with van der Waals surface area (Å²) in [5, 5.41) is 2.77. The molecule has 7 heteroatoms. The third-order valence-corrected chi connectivity index (χ3v) is 6.84. The van der Waals surface area contributed by atoms with Crippen LogP contribution in [0.1, 0.15) is 41.6 Å². The molecule has 0 aliphatic carbocycles. The molecule has 0 atom stereocenters. The van der Waals surface area contributed by atoms with Crippen molar-refractivity contribution in [3.05, 3.63) is 53.6 Å². The molecule has 0 aromatic heterocycles. The maximum atomic E-state index is 13.1. The molecule has 1 saturated heterocycles. The van der Waals surface area contributed by atoms with Gasteiger partial charge in [0.15, 0.2) is 0 Å². The van der Waals surface area contributed by atoms with Crippen molar-refractivity contribution in [3.8, 4) is 0 Å². The number of nitrogens with zero attached hydrogens (tertiary/aromatic N) is 1. The van der Waals surface area contributed by atoms with Crippen molar-refractivity contribution < 1.29 is 13.2 Å². The normalized spacial score (nSPS) is 15.9. The molecule has 27 heavy (non-hydrogen) atoms. The molecule has 1 aliphatic rings. The predicted octanol–water partition coefficient (Wildman–Crippen LogP) is 3.39. The first-order valence-electron chi connectivity index (χ1n) is 9.15. The molecule has 0 spiro atoms. The molecule has 144 valence electrons. The van der Waals surface area contributed by atoms with Gasteiger partial charge in [-0.25, -0.2) is 8.42 Å². The van der Waals surface area contributed by atoms with Crippen molar-refractivity contribution in [2.75, 3.05) is 24.1 Å². The van der Waals surface area contributed by atoms with E-state index < -0.39 is 10.0 Å². The minimum Gasteiger partial charge on any atom is -0.399 e. The summed E-state index contributed by atoms with van der Waals surface area (Å²) in [6.07, 6.45) is 3.88. The van der Waals surface area contributed by atoms with Crippen LogP contribution in [0, 0.1) is 6.92 Å². The first-order valence-corrected chi connectivity index (χ1v) is 10.6. The van der Waals surface area contributed by atoms with Crippen LogP contribution in [0.15, 0.2) is 47.4 Å². The van der Waals surface area contributed by atoms with Crippen molar-refractivity contribution in [2.45, 2.75) is 37.5 Å². The highest BCUT2D eigenvalue weighted by atomic mass is 32.2. The summed E-state index contributed by atoms with van der Waals surface area (Å²) in [5.41, 5.74) is 7.80. The Morgan fingerprint density at radius 2 is 1.63 bits per heavy atom. The number of anilines is 2. The molecule has 0 saturated carbocycles. The molecule has 1 amide bonds. The number of nitrogens with one attached hydrogen (secondary N) is 1. The largest absolute Gasteiger partial charge is 0.399 e. The van der Waals surface area contributed by atoms with Gasteiger partial charge in [-0.1, -0.05) is 18.9 Å². The molecule has 2 aromatic rings. The van der Waals surface area contributed by atoms with Crippen LogP contribution in [-0.2, 0) is 10.0 Å². The number of carbonyl (C=O) groups excluding carboxylic acids is 1. The summed E-state index contributed by atoms with van der Waals surface area (Å²) in [7, 11) is -3.58. The quantitative estimate of drug-likeness (QED) is 0.787. The van der Waals surface area contributed by atoms with E-state index in [1.54, 1.807) is 53.7 Å². The van der Waals surface area contributed by atoms with Gasteiger partial charge in [-0.15, -0.1) is 0 Å². The van der Waals surface area contributed by atoms with Gasteiger partial charge in [-0.3, -0.25) is 4.79 Å². The van der Waals surface area contributed by atoms with Crippen LogP contribution < -0.4 is 11.1 Å². The van der Waals surface area contributed by atoms with E-state index in [-0.39, 0.29) is 10.8 Å². The van der Waals surface area contributed by atoms with Crippen LogP contribution in [0.5, 0.6) is 0 Å². The van der Waals surface area contributed by atoms with Crippen LogP contribution >= 0.6 is 0 Å². The summed E-state index contributed by atoms with van der Waals surface area (Å²) >= 11 is 0. The number of aryl methyl sites for hydroxylation is 1. The highest BCUT2D eigenvalue weighted by Gasteiger charge is 2.27. The lowest BCUT2D eigenvalue weighted by Gasteiger charge is -2.21. The lowest BCUT2D eigenvalue weighted by atomic mass is 10.2. The Kier molecular flexibility index (Phi) is 5.82. The van der Waals surface area contributed by atoms with Gasteiger partial charge < -0.3 is 11.1 Å². The smallest absolute Gasteiger partial charge is 0.255 e. The number of nitrogen functional groups attached to an aromatic ring is 1. The van der Waals surface area contributed by atoms with Gasteiger partial charge in [0.1, 0.15) is 0 Å². The third kappa shape index (κ3) is 4.48. The van der Waals surface area contributed by atoms with Gasteiger partial charge >= 0.3 is 0 Å². The molecule has 0 radical (unpaired) electrons. The standard InChI is InChI=1S/C20H25N3O3S/c1-15-6-11-18(22-20(24)16-7-9-17(21)10-8-16)14-19(15)27(25,26)23-12-4-2-3-5-13-23/h6-11,14H,2-5,12-13,21H2,1H3,(H,22,24). The van der Waals surface area contributed by atoms with E-state index >= 15 is 0 Å². The predicted molar refractivity (Wildman–Crippen MR) is 107 cm³/mol. The molecule has 3 rings (SSSR count). The Morgan fingerprint density at radius 1 is 1.00 bits per heavy atom. The molecule has 1 fully saturated rings. The molecule has 1 aliphatic heterocycles. The zero-order chi connectivity index (χ0) is 19.4. The monoisotopic (exact) mass is 387 g/mol. The van der Waals surface area contributed by atoms with E-state index in [4.69, 9.17) is 5.73 Å². The van der Waals surface area contributed by atoms with E-state index in [2.05, 4.69) is 5.32 Å². The van der Waals surface area contributed by atoms with E-state index in [1.165, 1.54) is 0 Å². The van der Waals surface area contributed by atoms with Crippen molar-refractivity contribution in [3.63, 3.8) is 0 Å². The highest BCUT2D eigenvalue weighted by molar-refractivity contribution is 7.89. The number of amides is 1. The Bertz CT molecular complexity index is 916.